The number of rotatable bonds is 3. The molecule has 7 nitrogen and oxygen atoms in total. The minimum atomic E-state index is -1.26. The third-order valence-electron chi connectivity index (χ3n) is 3.06. The molecule has 2 heterocycles. The molecule has 1 aliphatic heterocycles. The van der Waals surface area contributed by atoms with Crippen LogP contribution in [0.2, 0.25) is 0 Å². The number of nitrogens with one attached hydrogen (secondary N) is 1. The van der Waals surface area contributed by atoms with E-state index in [1.54, 1.807) is 24.4 Å². The van der Waals surface area contributed by atoms with E-state index in [2.05, 4.69) is 15.3 Å². The van der Waals surface area contributed by atoms with E-state index in [0.29, 0.717) is 21.5 Å². The zero-order valence-corrected chi connectivity index (χ0v) is 12.9. The fourth-order valence-corrected chi connectivity index (χ4v) is 2.78. The summed E-state index contributed by atoms with van der Waals surface area (Å²) in [5, 5.41) is 21.4. The number of aromatic nitrogens is 1. The monoisotopic (exact) mass is 341 g/mol. The Kier molecular flexibility index (Phi) is 4.30. The predicted molar refractivity (Wildman–Crippen MR) is 90.1 cm³/mol. The van der Waals surface area contributed by atoms with Crippen LogP contribution in [0.4, 0.5) is 5.69 Å². The third-order valence-corrected chi connectivity index (χ3v) is 3.97. The lowest BCUT2D eigenvalue weighted by molar-refractivity contribution is -0.115. The summed E-state index contributed by atoms with van der Waals surface area (Å²) >= 11 is 1.13. The number of aromatic hydroxyl groups is 1. The average Bonchev–Trinajstić information content (AvgIpc) is 2.89. The number of carbonyl (C=O) groups is 2. The number of thioether (sulfide) groups is 1. The second-order valence-electron chi connectivity index (χ2n) is 4.74. The number of hydrogen-bond donors (Lipinski definition) is 3. The normalized spacial score (nSPS) is 17.2. The number of carboxylic acid groups (broad SMARTS) is 1. The van der Waals surface area contributed by atoms with Gasteiger partial charge in [-0.15, -0.1) is 0 Å². The highest BCUT2D eigenvalue weighted by atomic mass is 32.2. The molecule has 1 amide bonds. The van der Waals surface area contributed by atoms with Crippen LogP contribution in [0.25, 0.3) is 6.08 Å². The number of amidine groups is 1. The highest BCUT2D eigenvalue weighted by Gasteiger charge is 2.24. The Bertz CT molecular complexity index is 878. The molecule has 1 saturated heterocycles. The molecule has 0 unspecified atom stereocenters. The molecule has 1 aliphatic rings. The van der Waals surface area contributed by atoms with E-state index in [-0.39, 0.29) is 17.2 Å². The summed E-state index contributed by atoms with van der Waals surface area (Å²) in [7, 11) is 0. The molecule has 0 spiro atoms. The van der Waals surface area contributed by atoms with Gasteiger partial charge in [-0.25, -0.2) is 9.79 Å². The number of benzene rings is 1. The van der Waals surface area contributed by atoms with Crippen molar-refractivity contribution in [3.63, 3.8) is 0 Å². The summed E-state index contributed by atoms with van der Waals surface area (Å²) in [5.41, 5.74) is 0.705. The maximum Gasteiger partial charge on any atom is 0.339 e. The molecule has 1 aromatic heterocycles. The smallest absolute Gasteiger partial charge is 0.339 e. The van der Waals surface area contributed by atoms with Gasteiger partial charge in [0.2, 0.25) is 0 Å². The number of pyridine rings is 1. The van der Waals surface area contributed by atoms with Crippen LogP contribution in [0, 0.1) is 0 Å². The Morgan fingerprint density at radius 3 is 2.83 bits per heavy atom. The first-order chi connectivity index (χ1) is 11.5. The number of aliphatic imine (C=N–C) groups is 1. The third kappa shape index (κ3) is 3.44. The van der Waals surface area contributed by atoms with Crippen molar-refractivity contribution in [1.82, 2.24) is 10.3 Å². The van der Waals surface area contributed by atoms with Gasteiger partial charge in [0.25, 0.3) is 5.91 Å². The summed E-state index contributed by atoms with van der Waals surface area (Å²) in [6, 6.07) is 9.31. The average molecular weight is 341 g/mol. The zero-order chi connectivity index (χ0) is 17.1. The van der Waals surface area contributed by atoms with Gasteiger partial charge in [-0.3, -0.25) is 9.78 Å². The van der Waals surface area contributed by atoms with Crippen LogP contribution in [0.3, 0.4) is 0 Å². The van der Waals surface area contributed by atoms with Crippen LogP contribution < -0.4 is 5.32 Å². The van der Waals surface area contributed by atoms with Gasteiger partial charge in [-0.2, -0.15) is 0 Å². The van der Waals surface area contributed by atoms with Crippen molar-refractivity contribution >= 4 is 40.6 Å². The predicted octanol–water partition coefficient (Wildman–Crippen LogP) is 2.38. The van der Waals surface area contributed by atoms with Gasteiger partial charge in [0.15, 0.2) is 5.17 Å². The molecule has 2 aromatic rings. The van der Waals surface area contributed by atoms with Crippen LogP contribution in [-0.2, 0) is 4.79 Å². The maximum atomic E-state index is 12.0. The van der Waals surface area contributed by atoms with Gasteiger partial charge in [-0.1, -0.05) is 6.07 Å². The summed E-state index contributed by atoms with van der Waals surface area (Å²) in [4.78, 5) is 31.7. The number of carboxylic acids is 1. The lowest BCUT2D eigenvalue weighted by atomic mass is 10.2. The number of nitrogens with zero attached hydrogens (tertiary/aromatic N) is 2. The van der Waals surface area contributed by atoms with E-state index in [1.807, 2.05) is 6.07 Å². The number of carbonyl (C=O) groups excluding carboxylic acids is 1. The van der Waals surface area contributed by atoms with Crippen LogP contribution >= 0.6 is 11.8 Å². The highest BCUT2D eigenvalue weighted by molar-refractivity contribution is 8.18. The summed E-state index contributed by atoms with van der Waals surface area (Å²) < 4.78 is 0. The van der Waals surface area contributed by atoms with Crippen molar-refractivity contribution in [3.8, 4) is 5.75 Å². The van der Waals surface area contributed by atoms with Crippen molar-refractivity contribution in [2.24, 2.45) is 4.99 Å². The van der Waals surface area contributed by atoms with Gasteiger partial charge in [0, 0.05) is 6.20 Å². The highest BCUT2D eigenvalue weighted by Crippen LogP contribution is 2.29. The zero-order valence-electron chi connectivity index (χ0n) is 12.1. The van der Waals surface area contributed by atoms with Crippen molar-refractivity contribution in [2.75, 3.05) is 0 Å². The standard InChI is InChI=1S/C16H11N3O4S/c20-12-5-4-10(7-11(12)15(22)23)18-16-19-14(21)13(24-16)8-9-3-1-2-6-17-9/h1-8,20H,(H,22,23)(H,18,19,21)/b13-8-. The molecule has 0 bridgehead atoms. The Hall–Kier alpha value is -3.13. The molecular formula is C16H11N3O4S. The van der Waals surface area contributed by atoms with Gasteiger partial charge in [0.05, 0.1) is 16.3 Å². The molecular weight excluding hydrogens is 330 g/mol. The molecule has 0 aliphatic carbocycles. The first kappa shape index (κ1) is 15.8. The van der Waals surface area contributed by atoms with E-state index < -0.39 is 5.97 Å². The number of amides is 1. The van der Waals surface area contributed by atoms with E-state index >= 15 is 0 Å². The van der Waals surface area contributed by atoms with E-state index in [0.717, 1.165) is 11.8 Å². The van der Waals surface area contributed by atoms with Crippen molar-refractivity contribution in [3.05, 3.63) is 58.8 Å². The van der Waals surface area contributed by atoms with Gasteiger partial charge < -0.3 is 15.5 Å². The number of hydrogen-bond acceptors (Lipinski definition) is 6. The van der Waals surface area contributed by atoms with Gasteiger partial charge in [0.1, 0.15) is 11.3 Å². The fourth-order valence-electron chi connectivity index (χ4n) is 1.96. The quantitative estimate of drug-likeness (QED) is 0.739. The van der Waals surface area contributed by atoms with Crippen LogP contribution in [0.15, 0.2) is 52.5 Å². The second kappa shape index (κ2) is 6.55. The second-order valence-corrected chi connectivity index (χ2v) is 5.77. The first-order valence-corrected chi connectivity index (χ1v) is 7.61. The van der Waals surface area contributed by atoms with Gasteiger partial charge >= 0.3 is 5.97 Å². The Labute approximate surface area is 140 Å². The Morgan fingerprint density at radius 1 is 1.29 bits per heavy atom. The van der Waals surface area contributed by atoms with Crippen LogP contribution in [0.1, 0.15) is 16.1 Å². The lowest BCUT2D eigenvalue weighted by Gasteiger charge is -2.01. The van der Waals surface area contributed by atoms with E-state index in [9.17, 15) is 14.7 Å². The first-order valence-electron chi connectivity index (χ1n) is 6.80. The minimum absolute atomic E-state index is 0.254. The molecule has 0 atom stereocenters. The van der Waals surface area contributed by atoms with Crippen LogP contribution in [-0.4, -0.2) is 32.2 Å². The Morgan fingerprint density at radius 2 is 2.12 bits per heavy atom. The Balaban J connectivity index is 1.86. The van der Waals surface area contributed by atoms with Gasteiger partial charge in [-0.05, 0) is 48.2 Å². The molecule has 1 aromatic carbocycles. The molecule has 3 rings (SSSR count). The molecule has 1 fully saturated rings. The van der Waals surface area contributed by atoms with E-state index in [4.69, 9.17) is 5.11 Å². The van der Waals surface area contributed by atoms with Crippen LogP contribution in [0.5, 0.6) is 5.75 Å². The van der Waals surface area contributed by atoms with Crippen molar-refractivity contribution in [2.45, 2.75) is 0 Å². The number of phenols is 1. The molecule has 8 heteroatoms. The summed E-state index contributed by atoms with van der Waals surface area (Å²) in [6.07, 6.45) is 3.27. The minimum Gasteiger partial charge on any atom is -0.507 e. The molecule has 3 N–H and O–H groups in total. The fraction of sp³-hybridized carbons (Fsp3) is 0. The molecule has 0 radical (unpaired) electrons. The molecule has 24 heavy (non-hydrogen) atoms. The van der Waals surface area contributed by atoms with Crippen molar-refractivity contribution in [1.29, 1.82) is 0 Å². The van der Waals surface area contributed by atoms with E-state index in [1.165, 1.54) is 18.2 Å². The summed E-state index contributed by atoms with van der Waals surface area (Å²) in [5.74, 6) is -1.90. The lowest BCUT2D eigenvalue weighted by Crippen LogP contribution is -2.19. The summed E-state index contributed by atoms with van der Waals surface area (Å²) in [6.45, 7) is 0. The van der Waals surface area contributed by atoms with Crippen molar-refractivity contribution < 1.29 is 19.8 Å². The molecule has 0 saturated carbocycles. The maximum absolute atomic E-state index is 12.0. The SMILES string of the molecule is O=C1NC(=Nc2ccc(O)c(C(=O)O)c2)S/C1=C\c1ccccn1. The molecule has 120 valence electrons. The number of aromatic carboxylic acids is 1. The largest absolute Gasteiger partial charge is 0.507 e. The topological polar surface area (TPSA) is 112 Å².